The van der Waals surface area contributed by atoms with Gasteiger partial charge < -0.3 is 20.5 Å². The molecule has 20 heavy (non-hydrogen) atoms. The molecule has 0 aromatic carbocycles. The smallest absolute Gasteiger partial charge is 0.246 e. The van der Waals surface area contributed by atoms with Gasteiger partial charge in [0.1, 0.15) is 0 Å². The monoisotopic (exact) mass is 282 g/mol. The van der Waals surface area contributed by atoms with E-state index in [9.17, 15) is 4.79 Å². The first-order chi connectivity index (χ1) is 9.30. The highest BCUT2D eigenvalue weighted by Gasteiger charge is 2.13. The summed E-state index contributed by atoms with van der Waals surface area (Å²) < 4.78 is 4.96. The first kappa shape index (κ1) is 15.9. The zero-order chi connectivity index (χ0) is 15.2. The minimum atomic E-state index is -0.253. The molecule has 0 fully saturated rings. The van der Waals surface area contributed by atoms with E-state index in [0.717, 1.165) is 0 Å². The fourth-order valence-electron chi connectivity index (χ4n) is 1.42. The second kappa shape index (κ2) is 6.88. The van der Waals surface area contributed by atoms with Gasteiger partial charge in [-0.3, -0.25) is 9.79 Å². The van der Waals surface area contributed by atoms with Gasteiger partial charge in [0.2, 0.25) is 11.8 Å². The van der Waals surface area contributed by atoms with E-state index < -0.39 is 0 Å². The Hall–Kier alpha value is -2.12. The number of carbonyl (C=O) groups is 1. The van der Waals surface area contributed by atoms with Crippen LogP contribution < -0.4 is 16.0 Å². The third kappa shape index (κ3) is 6.17. The lowest BCUT2D eigenvalue weighted by atomic mass is 10.1. The second-order valence-corrected chi connectivity index (χ2v) is 5.31. The van der Waals surface area contributed by atoms with Crippen LogP contribution in [0.5, 0.6) is 0 Å². The molecule has 1 aromatic heterocycles. The summed E-state index contributed by atoms with van der Waals surface area (Å²) in [7, 11) is 1.62. The average molecular weight is 282 g/mol. The number of rotatable bonds is 4. The van der Waals surface area contributed by atoms with E-state index in [2.05, 4.69) is 31.1 Å². The topological polar surface area (TPSA) is 104 Å². The Kier molecular flexibility index (Phi) is 5.48. The molecule has 112 valence electrons. The number of aryl methyl sites for hydroxylation is 1. The van der Waals surface area contributed by atoms with Crippen molar-refractivity contribution in [2.75, 3.05) is 13.6 Å². The van der Waals surface area contributed by atoms with Gasteiger partial charge in [-0.25, -0.2) is 0 Å². The molecule has 1 amide bonds. The fourth-order valence-corrected chi connectivity index (χ4v) is 1.42. The molecule has 8 nitrogen and oxygen atoms in total. The zero-order valence-corrected chi connectivity index (χ0v) is 12.6. The first-order valence-electron chi connectivity index (χ1n) is 6.35. The van der Waals surface area contributed by atoms with Crippen molar-refractivity contribution in [3.8, 4) is 0 Å². The van der Waals surface area contributed by atoms with Gasteiger partial charge in [0.15, 0.2) is 11.8 Å². The predicted molar refractivity (Wildman–Crippen MR) is 75.1 cm³/mol. The van der Waals surface area contributed by atoms with Gasteiger partial charge in [-0.05, 0) is 27.7 Å². The van der Waals surface area contributed by atoms with Crippen LogP contribution in [-0.4, -0.2) is 41.1 Å². The van der Waals surface area contributed by atoms with Crippen LogP contribution >= 0.6 is 0 Å². The Balaban J connectivity index is 2.35. The van der Waals surface area contributed by atoms with Crippen molar-refractivity contribution < 1.29 is 9.32 Å². The summed E-state index contributed by atoms with van der Waals surface area (Å²) in [6, 6.07) is 0. The van der Waals surface area contributed by atoms with Crippen molar-refractivity contribution in [2.24, 2.45) is 4.99 Å². The van der Waals surface area contributed by atoms with Gasteiger partial charge in [-0.15, -0.1) is 0 Å². The number of guanidine groups is 1. The normalized spacial score (nSPS) is 12.2. The molecule has 8 heteroatoms. The van der Waals surface area contributed by atoms with Gasteiger partial charge in [-0.1, -0.05) is 5.16 Å². The number of nitrogens with one attached hydrogen (secondary N) is 3. The molecule has 0 aliphatic carbocycles. The highest BCUT2D eigenvalue weighted by molar-refractivity contribution is 5.86. The van der Waals surface area contributed by atoms with E-state index in [4.69, 9.17) is 4.52 Å². The van der Waals surface area contributed by atoms with Crippen molar-refractivity contribution in [3.05, 3.63) is 11.7 Å². The van der Waals surface area contributed by atoms with Crippen molar-refractivity contribution in [1.82, 2.24) is 26.1 Å². The van der Waals surface area contributed by atoms with Crippen LogP contribution in [0.15, 0.2) is 9.52 Å². The number of carbonyl (C=O) groups excluding carboxylic acids is 1. The molecule has 1 heterocycles. The van der Waals surface area contributed by atoms with Gasteiger partial charge in [0.05, 0.1) is 13.1 Å². The number of hydrogen-bond acceptors (Lipinski definition) is 5. The molecule has 0 spiro atoms. The predicted octanol–water partition coefficient (Wildman–Crippen LogP) is -0.0423. The maximum absolute atomic E-state index is 11.7. The number of nitrogens with zero attached hydrogens (tertiary/aromatic N) is 3. The van der Waals surface area contributed by atoms with E-state index in [0.29, 0.717) is 24.2 Å². The molecule has 0 bridgehead atoms. The van der Waals surface area contributed by atoms with Crippen LogP contribution in [0.3, 0.4) is 0 Å². The first-order valence-corrected chi connectivity index (χ1v) is 6.35. The number of aliphatic imine (C=N–C) groups is 1. The summed E-state index contributed by atoms with van der Waals surface area (Å²) in [6.45, 7) is 8.01. The summed E-state index contributed by atoms with van der Waals surface area (Å²) in [6.07, 6.45) is 0. The highest BCUT2D eigenvalue weighted by atomic mass is 16.5. The summed E-state index contributed by atoms with van der Waals surface area (Å²) in [5, 5.41) is 12.4. The molecule has 3 N–H and O–H groups in total. The maximum atomic E-state index is 11.7. The molecule has 1 aromatic rings. The van der Waals surface area contributed by atoms with E-state index in [1.165, 1.54) is 0 Å². The quantitative estimate of drug-likeness (QED) is 0.528. The Morgan fingerprint density at radius 2 is 2.05 bits per heavy atom. The Morgan fingerprint density at radius 3 is 2.55 bits per heavy atom. The minimum Gasteiger partial charge on any atom is -0.350 e. The third-order valence-electron chi connectivity index (χ3n) is 2.13. The molecule has 0 saturated heterocycles. The molecule has 0 saturated carbocycles. The number of aromatic nitrogens is 2. The molecule has 0 unspecified atom stereocenters. The Labute approximate surface area is 118 Å². The molecular formula is C12H22N6O2. The van der Waals surface area contributed by atoms with E-state index in [1.807, 2.05) is 20.8 Å². The van der Waals surface area contributed by atoms with Crippen molar-refractivity contribution in [1.29, 1.82) is 0 Å². The van der Waals surface area contributed by atoms with Gasteiger partial charge in [0, 0.05) is 12.6 Å². The molecule has 0 atom stereocenters. The minimum absolute atomic E-state index is 0.103. The fraction of sp³-hybridized carbons (Fsp3) is 0.667. The third-order valence-corrected chi connectivity index (χ3v) is 2.13. The molecule has 0 radical (unpaired) electrons. The van der Waals surface area contributed by atoms with E-state index in [1.54, 1.807) is 14.0 Å². The SMILES string of the molecule is CN=C(NCC(=O)NC(C)(C)C)NCc1nc(C)no1. The molecular weight excluding hydrogens is 260 g/mol. The van der Waals surface area contributed by atoms with E-state index >= 15 is 0 Å². The van der Waals surface area contributed by atoms with Crippen LogP contribution in [0.25, 0.3) is 0 Å². The maximum Gasteiger partial charge on any atom is 0.246 e. The summed E-state index contributed by atoms with van der Waals surface area (Å²) >= 11 is 0. The lowest BCUT2D eigenvalue weighted by molar-refractivity contribution is -0.121. The molecule has 0 aliphatic rings. The van der Waals surface area contributed by atoms with Crippen LogP contribution in [0.4, 0.5) is 0 Å². The summed E-state index contributed by atoms with van der Waals surface area (Å²) in [5.41, 5.74) is -0.253. The van der Waals surface area contributed by atoms with Crippen molar-refractivity contribution in [2.45, 2.75) is 39.8 Å². The van der Waals surface area contributed by atoms with Gasteiger partial charge in [0.25, 0.3) is 0 Å². The highest BCUT2D eigenvalue weighted by Crippen LogP contribution is 1.97. The standard InChI is InChI=1S/C12H22N6O2/c1-8-16-10(20-18-8)7-15-11(13-5)14-6-9(19)17-12(2,3)4/h6-7H2,1-5H3,(H,17,19)(H2,13,14,15). The Morgan fingerprint density at radius 1 is 1.35 bits per heavy atom. The Bertz CT molecular complexity index is 475. The average Bonchev–Trinajstić information content (AvgIpc) is 2.73. The van der Waals surface area contributed by atoms with Crippen LogP contribution in [0.1, 0.15) is 32.5 Å². The van der Waals surface area contributed by atoms with Crippen molar-refractivity contribution in [3.63, 3.8) is 0 Å². The second-order valence-electron chi connectivity index (χ2n) is 5.31. The lowest BCUT2D eigenvalue weighted by Gasteiger charge is -2.21. The summed E-state index contributed by atoms with van der Waals surface area (Å²) in [4.78, 5) is 19.7. The summed E-state index contributed by atoms with van der Waals surface area (Å²) in [5.74, 6) is 1.43. The number of amides is 1. The van der Waals surface area contributed by atoms with Crippen LogP contribution in [-0.2, 0) is 11.3 Å². The van der Waals surface area contributed by atoms with Crippen LogP contribution in [0, 0.1) is 6.92 Å². The van der Waals surface area contributed by atoms with Gasteiger partial charge >= 0.3 is 0 Å². The number of hydrogen-bond donors (Lipinski definition) is 3. The van der Waals surface area contributed by atoms with E-state index in [-0.39, 0.29) is 18.0 Å². The largest absolute Gasteiger partial charge is 0.350 e. The molecule has 0 aliphatic heterocycles. The molecule has 1 rings (SSSR count). The van der Waals surface area contributed by atoms with Gasteiger partial charge in [-0.2, -0.15) is 4.98 Å². The van der Waals surface area contributed by atoms with Crippen LogP contribution in [0.2, 0.25) is 0 Å². The van der Waals surface area contributed by atoms with Crippen molar-refractivity contribution >= 4 is 11.9 Å². The zero-order valence-electron chi connectivity index (χ0n) is 12.6. The lowest BCUT2D eigenvalue weighted by Crippen LogP contribution is -2.48.